The molecule has 0 aliphatic heterocycles. The number of hydrogen-bond acceptors (Lipinski definition) is 3. The molecule has 0 bridgehead atoms. The first-order valence-electron chi connectivity index (χ1n) is 6.49. The van der Waals surface area contributed by atoms with Crippen LogP contribution in [0.25, 0.3) is 0 Å². The number of amides is 1. The van der Waals surface area contributed by atoms with Crippen molar-refractivity contribution in [2.24, 2.45) is 12.5 Å². The number of rotatable bonds is 6. The van der Waals surface area contributed by atoms with Crippen molar-refractivity contribution in [3.63, 3.8) is 0 Å². The quantitative estimate of drug-likeness (QED) is 0.794. The zero-order valence-corrected chi connectivity index (χ0v) is 11.1. The van der Waals surface area contributed by atoms with Gasteiger partial charge in [0, 0.05) is 26.2 Å². The Kier molecular flexibility index (Phi) is 3.87. The van der Waals surface area contributed by atoms with Gasteiger partial charge in [-0.1, -0.05) is 6.42 Å². The molecule has 0 saturated heterocycles. The minimum absolute atomic E-state index is 0.0926. The van der Waals surface area contributed by atoms with Gasteiger partial charge < -0.3 is 10.4 Å². The van der Waals surface area contributed by atoms with Crippen LogP contribution in [-0.4, -0.2) is 33.3 Å². The number of nitrogens with zero attached hydrogens (tertiary/aromatic N) is 2. The highest BCUT2D eigenvalue weighted by Crippen LogP contribution is 2.44. The molecule has 1 saturated carbocycles. The fraction of sp³-hybridized carbons (Fsp3) is 0.615. The molecule has 1 aromatic rings. The van der Waals surface area contributed by atoms with Crippen LogP contribution in [0, 0.1) is 5.41 Å². The Balaban J connectivity index is 1.74. The molecule has 1 heterocycles. The predicted molar refractivity (Wildman–Crippen MR) is 68.5 cm³/mol. The maximum Gasteiger partial charge on any atom is 0.310 e. The van der Waals surface area contributed by atoms with Gasteiger partial charge in [0.15, 0.2) is 0 Å². The fourth-order valence-electron chi connectivity index (χ4n) is 2.39. The van der Waals surface area contributed by atoms with Gasteiger partial charge in [0.2, 0.25) is 5.91 Å². The molecule has 1 fully saturated rings. The maximum atomic E-state index is 11.8. The molecule has 1 aliphatic carbocycles. The lowest BCUT2D eigenvalue weighted by Crippen LogP contribution is -2.42. The van der Waals surface area contributed by atoms with E-state index in [9.17, 15) is 9.59 Å². The largest absolute Gasteiger partial charge is 0.481 e. The lowest BCUT2D eigenvalue weighted by atomic mass is 9.66. The molecule has 2 N–H and O–H groups in total. The van der Waals surface area contributed by atoms with Crippen LogP contribution in [0.15, 0.2) is 12.4 Å². The van der Waals surface area contributed by atoms with Crippen molar-refractivity contribution in [2.45, 2.75) is 32.1 Å². The van der Waals surface area contributed by atoms with Crippen molar-refractivity contribution in [1.29, 1.82) is 0 Å². The fourth-order valence-corrected chi connectivity index (χ4v) is 2.39. The summed E-state index contributed by atoms with van der Waals surface area (Å²) in [6.07, 6.45) is 6.58. The average molecular weight is 265 g/mol. The highest BCUT2D eigenvalue weighted by Gasteiger charge is 2.45. The average Bonchev–Trinajstić information content (AvgIpc) is 2.69. The molecule has 2 rings (SSSR count). The summed E-state index contributed by atoms with van der Waals surface area (Å²) in [5, 5.41) is 16.0. The second-order valence-corrected chi connectivity index (χ2v) is 5.24. The summed E-state index contributed by atoms with van der Waals surface area (Å²) in [7, 11) is 1.84. The summed E-state index contributed by atoms with van der Waals surface area (Å²) in [6, 6.07) is 0. The first kappa shape index (κ1) is 13.6. The van der Waals surface area contributed by atoms with Crippen LogP contribution in [-0.2, 0) is 23.1 Å². The minimum atomic E-state index is -0.846. The summed E-state index contributed by atoms with van der Waals surface area (Å²) in [5.74, 6) is -1.02. The van der Waals surface area contributed by atoms with Gasteiger partial charge in [0.1, 0.15) is 0 Å². The van der Waals surface area contributed by atoms with Gasteiger partial charge in [0.05, 0.1) is 11.6 Å². The number of carbonyl (C=O) groups excluding carboxylic acids is 1. The first-order chi connectivity index (χ1) is 9.02. The smallest absolute Gasteiger partial charge is 0.310 e. The Morgan fingerprint density at radius 1 is 1.53 bits per heavy atom. The van der Waals surface area contributed by atoms with E-state index in [0.717, 1.165) is 12.0 Å². The number of carboxylic acids is 1. The van der Waals surface area contributed by atoms with Crippen molar-refractivity contribution in [3.8, 4) is 0 Å². The second-order valence-electron chi connectivity index (χ2n) is 5.24. The Bertz CT molecular complexity index is 477. The Morgan fingerprint density at radius 3 is 2.74 bits per heavy atom. The number of aromatic nitrogens is 2. The number of hydrogen-bond donors (Lipinski definition) is 2. The molecule has 6 heteroatoms. The van der Waals surface area contributed by atoms with Crippen molar-refractivity contribution in [1.82, 2.24) is 15.1 Å². The molecule has 104 valence electrons. The van der Waals surface area contributed by atoms with E-state index in [-0.39, 0.29) is 12.3 Å². The molecule has 0 spiro atoms. The third-order valence-electron chi connectivity index (χ3n) is 3.76. The van der Waals surface area contributed by atoms with Gasteiger partial charge in [-0.15, -0.1) is 0 Å². The minimum Gasteiger partial charge on any atom is -0.481 e. The molecule has 19 heavy (non-hydrogen) atoms. The molecule has 0 atom stereocenters. The summed E-state index contributed by atoms with van der Waals surface area (Å²) in [6.45, 7) is 0.514. The molecule has 1 amide bonds. The van der Waals surface area contributed by atoms with Crippen LogP contribution in [0.3, 0.4) is 0 Å². The van der Waals surface area contributed by atoms with Gasteiger partial charge >= 0.3 is 5.97 Å². The van der Waals surface area contributed by atoms with Crippen LogP contribution in [0.4, 0.5) is 0 Å². The van der Waals surface area contributed by atoms with E-state index in [1.54, 1.807) is 10.9 Å². The number of aryl methyl sites for hydroxylation is 1. The molecule has 0 radical (unpaired) electrons. The second kappa shape index (κ2) is 5.42. The summed E-state index contributed by atoms with van der Waals surface area (Å²) < 4.78 is 1.71. The number of nitrogens with one attached hydrogen (secondary N) is 1. The van der Waals surface area contributed by atoms with Crippen LogP contribution < -0.4 is 5.32 Å². The third-order valence-corrected chi connectivity index (χ3v) is 3.76. The first-order valence-corrected chi connectivity index (χ1v) is 6.49. The Hall–Kier alpha value is -1.85. The van der Waals surface area contributed by atoms with E-state index in [1.165, 1.54) is 0 Å². The highest BCUT2D eigenvalue weighted by atomic mass is 16.4. The zero-order valence-electron chi connectivity index (χ0n) is 11.1. The van der Waals surface area contributed by atoms with E-state index in [1.807, 2.05) is 13.2 Å². The number of carboxylic acid groups (broad SMARTS) is 1. The predicted octanol–water partition coefficient (Wildman–Crippen LogP) is 0.724. The Labute approximate surface area is 111 Å². The molecule has 1 aliphatic rings. The van der Waals surface area contributed by atoms with Crippen molar-refractivity contribution in [2.75, 3.05) is 6.54 Å². The number of aliphatic carboxylic acids is 1. The SMILES string of the molecule is Cn1cc(CCNC(=O)CC2(C(=O)O)CCC2)cn1. The van der Waals surface area contributed by atoms with Crippen molar-refractivity contribution in [3.05, 3.63) is 18.0 Å². The molecule has 6 nitrogen and oxygen atoms in total. The summed E-state index contributed by atoms with van der Waals surface area (Å²) in [5.41, 5.74) is 0.248. The van der Waals surface area contributed by atoms with Gasteiger partial charge in [-0.3, -0.25) is 14.3 Å². The number of carbonyl (C=O) groups is 2. The van der Waals surface area contributed by atoms with E-state index in [0.29, 0.717) is 25.8 Å². The van der Waals surface area contributed by atoms with Crippen molar-refractivity contribution >= 4 is 11.9 Å². The maximum absolute atomic E-state index is 11.8. The lowest BCUT2D eigenvalue weighted by Gasteiger charge is -2.36. The monoisotopic (exact) mass is 265 g/mol. The highest BCUT2D eigenvalue weighted by molar-refractivity contribution is 5.85. The van der Waals surface area contributed by atoms with E-state index < -0.39 is 11.4 Å². The normalized spacial score (nSPS) is 16.7. The van der Waals surface area contributed by atoms with E-state index in [2.05, 4.69) is 10.4 Å². The van der Waals surface area contributed by atoms with E-state index in [4.69, 9.17) is 5.11 Å². The molecule has 1 aromatic heterocycles. The van der Waals surface area contributed by atoms with Gasteiger partial charge in [-0.05, 0) is 24.8 Å². The molecular formula is C13H19N3O3. The van der Waals surface area contributed by atoms with Crippen LogP contribution in [0.2, 0.25) is 0 Å². The molecular weight excluding hydrogens is 246 g/mol. The Morgan fingerprint density at radius 2 is 2.26 bits per heavy atom. The molecule has 0 unspecified atom stereocenters. The van der Waals surface area contributed by atoms with Crippen LogP contribution in [0.1, 0.15) is 31.2 Å². The molecule has 0 aromatic carbocycles. The van der Waals surface area contributed by atoms with Gasteiger partial charge in [0.25, 0.3) is 0 Å². The third kappa shape index (κ3) is 3.13. The van der Waals surface area contributed by atoms with Crippen LogP contribution in [0.5, 0.6) is 0 Å². The topological polar surface area (TPSA) is 84.2 Å². The van der Waals surface area contributed by atoms with E-state index >= 15 is 0 Å². The van der Waals surface area contributed by atoms with Gasteiger partial charge in [-0.2, -0.15) is 5.10 Å². The van der Waals surface area contributed by atoms with Crippen LogP contribution >= 0.6 is 0 Å². The van der Waals surface area contributed by atoms with Gasteiger partial charge in [-0.25, -0.2) is 0 Å². The summed E-state index contributed by atoms with van der Waals surface area (Å²) >= 11 is 0. The summed E-state index contributed by atoms with van der Waals surface area (Å²) in [4.78, 5) is 22.9. The zero-order chi connectivity index (χ0) is 13.9. The standard InChI is InChI=1S/C13H19N3O3/c1-16-9-10(8-15-16)3-6-14-11(17)7-13(12(18)19)4-2-5-13/h8-9H,2-7H2,1H3,(H,14,17)(H,18,19). The lowest BCUT2D eigenvalue weighted by molar-refractivity contribution is -0.157. The van der Waals surface area contributed by atoms with Crippen molar-refractivity contribution < 1.29 is 14.7 Å².